The van der Waals surface area contributed by atoms with Crippen LogP contribution in [0.15, 0.2) is 41.4 Å². The Hall–Kier alpha value is -1.86. The number of aromatic nitrogens is 2. The second-order valence-corrected chi connectivity index (χ2v) is 5.38. The van der Waals surface area contributed by atoms with E-state index in [1.165, 1.54) is 30.5 Å². The highest BCUT2D eigenvalue weighted by Crippen LogP contribution is 2.19. The number of hydrogen-bond acceptors (Lipinski definition) is 5. The second kappa shape index (κ2) is 4.79. The number of pyridine rings is 2. The smallest absolute Gasteiger partial charge is 0.266 e. The van der Waals surface area contributed by atoms with E-state index in [0.29, 0.717) is 0 Å². The van der Waals surface area contributed by atoms with Crippen molar-refractivity contribution in [2.75, 3.05) is 10.5 Å². The Morgan fingerprint density at radius 1 is 1.22 bits per heavy atom. The first kappa shape index (κ1) is 12.6. The highest BCUT2D eigenvalue weighted by molar-refractivity contribution is 7.92. The molecule has 0 radical (unpaired) electrons. The Kier molecular flexibility index (Phi) is 3.35. The lowest BCUT2D eigenvalue weighted by Crippen LogP contribution is -2.16. The zero-order valence-corrected chi connectivity index (χ0v) is 10.6. The van der Waals surface area contributed by atoms with Crippen molar-refractivity contribution >= 4 is 33.3 Å². The minimum Gasteiger partial charge on any atom is -0.383 e. The van der Waals surface area contributed by atoms with Crippen LogP contribution >= 0.6 is 11.6 Å². The van der Waals surface area contributed by atoms with Gasteiger partial charge in [-0.1, -0.05) is 17.7 Å². The number of nitrogen functional groups attached to an aromatic ring is 1. The van der Waals surface area contributed by atoms with Crippen LogP contribution in [0.2, 0.25) is 5.15 Å². The van der Waals surface area contributed by atoms with Gasteiger partial charge in [0.25, 0.3) is 10.0 Å². The zero-order chi connectivity index (χ0) is 13.2. The minimum absolute atomic E-state index is 0.0768. The minimum atomic E-state index is -3.82. The third kappa shape index (κ3) is 2.69. The van der Waals surface area contributed by atoms with Crippen molar-refractivity contribution in [2.45, 2.75) is 4.90 Å². The summed E-state index contributed by atoms with van der Waals surface area (Å²) in [5.74, 6) is 0.0396. The summed E-state index contributed by atoms with van der Waals surface area (Å²) in [5, 5.41) is 0.189. The fourth-order valence-corrected chi connectivity index (χ4v) is 2.54. The van der Waals surface area contributed by atoms with Gasteiger partial charge >= 0.3 is 0 Å². The molecule has 6 nitrogen and oxygen atoms in total. The molecule has 3 N–H and O–H groups in total. The molecule has 0 amide bonds. The van der Waals surface area contributed by atoms with Crippen molar-refractivity contribution in [3.8, 4) is 0 Å². The first-order chi connectivity index (χ1) is 8.49. The predicted molar refractivity (Wildman–Crippen MR) is 68.7 cm³/mol. The van der Waals surface area contributed by atoms with Gasteiger partial charge < -0.3 is 5.73 Å². The first-order valence-corrected chi connectivity index (χ1v) is 6.71. The molecule has 0 atom stereocenters. The second-order valence-electron chi connectivity index (χ2n) is 3.34. The molecule has 2 aromatic heterocycles. The van der Waals surface area contributed by atoms with Crippen LogP contribution in [-0.2, 0) is 10.0 Å². The van der Waals surface area contributed by atoms with Gasteiger partial charge in [0.2, 0.25) is 0 Å². The van der Waals surface area contributed by atoms with E-state index in [1.54, 1.807) is 6.07 Å². The molecule has 0 bridgehead atoms. The molecule has 0 aliphatic heterocycles. The molecular formula is C10H9ClN4O2S. The van der Waals surface area contributed by atoms with Crippen LogP contribution in [0.5, 0.6) is 0 Å². The van der Waals surface area contributed by atoms with Gasteiger partial charge in [-0.2, -0.15) is 0 Å². The van der Waals surface area contributed by atoms with Crippen LogP contribution in [-0.4, -0.2) is 18.4 Å². The molecule has 2 rings (SSSR count). The standard InChI is InChI=1S/C10H9ClN4O2S/c11-8-4-1-5-9(14-8)15-18(16,17)7-3-2-6-13-10(7)12/h1-6H,(H2,12,13)(H,14,15). The van der Waals surface area contributed by atoms with E-state index in [-0.39, 0.29) is 21.7 Å². The van der Waals surface area contributed by atoms with Crippen molar-refractivity contribution in [2.24, 2.45) is 0 Å². The molecule has 0 spiro atoms. The van der Waals surface area contributed by atoms with Crippen molar-refractivity contribution in [3.05, 3.63) is 41.7 Å². The van der Waals surface area contributed by atoms with Gasteiger partial charge in [0.15, 0.2) is 0 Å². The number of rotatable bonds is 3. The molecular weight excluding hydrogens is 276 g/mol. The molecule has 0 unspecified atom stereocenters. The van der Waals surface area contributed by atoms with Crippen LogP contribution in [0.1, 0.15) is 0 Å². The molecule has 0 aliphatic rings. The number of halogens is 1. The normalized spacial score (nSPS) is 11.2. The maximum Gasteiger partial charge on any atom is 0.266 e. The van der Waals surface area contributed by atoms with E-state index in [1.807, 2.05) is 0 Å². The van der Waals surface area contributed by atoms with Crippen molar-refractivity contribution < 1.29 is 8.42 Å². The van der Waals surface area contributed by atoms with Crippen molar-refractivity contribution in [1.82, 2.24) is 9.97 Å². The van der Waals surface area contributed by atoms with Gasteiger partial charge in [0.1, 0.15) is 21.7 Å². The predicted octanol–water partition coefficient (Wildman–Crippen LogP) is 1.51. The Bertz CT molecular complexity index is 675. The number of hydrogen-bond donors (Lipinski definition) is 2. The largest absolute Gasteiger partial charge is 0.383 e. The summed E-state index contributed by atoms with van der Waals surface area (Å²) >= 11 is 5.67. The van der Waals surface area contributed by atoms with Gasteiger partial charge in [0, 0.05) is 6.20 Å². The van der Waals surface area contributed by atoms with E-state index in [4.69, 9.17) is 17.3 Å². The van der Waals surface area contributed by atoms with Crippen LogP contribution in [0.3, 0.4) is 0 Å². The molecule has 0 fully saturated rings. The third-order valence-corrected chi connectivity index (χ3v) is 3.66. The molecule has 94 valence electrons. The molecule has 0 saturated heterocycles. The fraction of sp³-hybridized carbons (Fsp3) is 0. The number of nitrogens with one attached hydrogen (secondary N) is 1. The van der Waals surface area contributed by atoms with E-state index in [0.717, 1.165) is 0 Å². The monoisotopic (exact) mass is 284 g/mol. The quantitative estimate of drug-likeness (QED) is 0.833. The fourth-order valence-electron chi connectivity index (χ4n) is 1.29. The van der Waals surface area contributed by atoms with Gasteiger partial charge in [-0.25, -0.2) is 18.4 Å². The summed E-state index contributed by atoms with van der Waals surface area (Å²) in [6.45, 7) is 0. The van der Waals surface area contributed by atoms with E-state index in [2.05, 4.69) is 14.7 Å². The number of anilines is 2. The van der Waals surface area contributed by atoms with Crippen LogP contribution in [0.4, 0.5) is 11.6 Å². The number of sulfonamides is 1. The lowest BCUT2D eigenvalue weighted by Gasteiger charge is -2.08. The molecule has 0 saturated carbocycles. The maximum absolute atomic E-state index is 12.0. The SMILES string of the molecule is Nc1ncccc1S(=O)(=O)Nc1cccc(Cl)n1. The van der Waals surface area contributed by atoms with Crippen LogP contribution in [0, 0.1) is 0 Å². The molecule has 8 heteroatoms. The average molecular weight is 285 g/mol. The Balaban J connectivity index is 2.37. The Morgan fingerprint density at radius 3 is 2.67 bits per heavy atom. The summed E-state index contributed by atoms with van der Waals surface area (Å²) in [7, 11) is -3.82. The van der Waals surface area contributed by atoms with E-state index < -0.39 is 10.0 Å². The highest BCUT2D eigenvalue weighted by Gasteiger charge is 2.18. The number of nitrogens with two attached hydrogens (primary N) is 1. The van der Waals surface area contributed by atoms with Crippen LogP contribution in [0.25, 0.3) is 0 Å². The first-order valence-electron chi connectivity index (χ1n) is 4.85. The van der Waals surface area contributed by atoms with Crippen molar-refractivity contribution in [3.63, 3.8) is 0 Å². The Morgan fingerprint density at radius 2 is 2.00 bits per heavy atom. The molecule has 2 aromatic rings. The summed E-state index contributed by atoms with van der Waals surface area (Å²) in [6.07, 6.45) is 1.41. The van der Waals surface area contributed by atoms with Gasteiger partial charge in [-0.3, -0.25) is 4.72 Å². The summed E-state index contributed by atoms with van der Waals surface area (Å²) in [4.78, 5) is 7.44. The summed E-state index contributed by atoms with van der Waals surface area (Å²) in [6, 6.07) is 7.44. The van der Waals surface area contributed by atoms with E-state index in [9.17, 15) is 8.42 Å². The number of nitrogens with zero attached hydrogens (tertiary/aromatic N) is 2. The summed E-state index contributed by atoms with van der Waals surface area (Å²) in [5.41, 5.74) is 5.51. The molecule has 0 aliphatic carbocycles. The lowest BCUT2D eigenvalue weighted by atomic mass is 10.5. The lowest BCUT2D eigenvalue weighted by molar-refractivity contribution is 0.601. The van der Waals surface area contributed by atoms with E-state index >= 15 is 0 Å². The zero-order valence-electron chi connectivity index (χ0n) is 9.04. The van der Waals surface area contributed by atoms with Crippen molar-refractivity contribution in [1.29, 1.82) is 0 Å². The topological polar surface area (TPSA) is 98.0 Å². The Labute approximate surface area is 109 Å². The molecule has 18 heavy (non-hydrogen) atoms. The van der Waals surface area contributed by atoms with Crippen LogP contribution < -0.4 is 10.5 Å². The van der Waals surface area contributed by atoms with Gasteiger partial charge in [-0.05, 0) is 24.3 Å². The summed E-state index contributed by atoms with van der Waals surface area (Å²) < 4.78 is 26.3. The van der Waals surface area contributed by atoms with Gasteiger partial charge in [-0.15, -0.1) is 0 Å². The average Bonchev–Trinajstić information content (AvgIpc) is 2.28. The molecule has 2 heterocycles. The molecule has 0 aromatic carbocycles. The van der Waals surface area contributed by atoms with Gasteiger partial charge in [0.05, 0.1) is 0 Å². The maximum atomic E-state index is 12.0. The highest BCUT2D eigenvalue weighted by atomic mass is 35.5. The third-order valence-electron chi connectivity index (χ3n) is 2.04.